The van der Waals surface area contributed by atoms with E-state index in [4.69, 9.17) is 17.3 Å². The number of rotatable bonds is 4. The van der Waals surface area contributed by atoms with Crippen LogP contribution >= 0.6 is 11.6 Å². The Hall–Kier alpha value is -1.06. The minimum absolute atomic E-state index is 0.149. The van der Waals surface area contributed by atoms with Crippen LogP contribution < -0.4 is 11.1 Å². The Morgan fingerprint density at radius 1 is 1.59 bits per heavy atom. The lowest BCUT2D eigenvalue weighted by atomic mass is 10.1. The molecule has 1 atom stereocenters. The lowest BCUT2D eigenvalue weighted by molar-refractivity contribution is -0.117. The van der Waals surface area contributed by atoms with E-state index in [0.29, 0.717) is 16.6 Å². The molecule has 0 saturated heterocycles. The monoisotopic (exact) mass is 252 g/mol. The summed E-state index contributed by atoms with van der Waals surface area (Å²) in [4.78, 5) is 11.8. The molecule has 0 spiro atoms. The molecular weight excluding hydrogens is 236 g/mol. The minimum Gasteiger partial charge on any atom is -0.323 e. The molecule has 1 aromatic carbocycles. The summed E-state index contributed by atoms with van der Waals surface area (Å²) in [5.41, 5.74) is 7.43. The predicted molar refractivity (Wildman–Crippen MR) is 70.1 cm³/mol. The molecule has 1 unspecified atom stereocenters. The van der Waals surface area contributed by atoms with Crippen LogP contribution in [0.2, 0.25) is 5.02 Å². The van der Waals surface area contributed by atoms with E-state index in [1.54, 1.807) is 6.07 Å². The van der Waals surface area contributed by atoms with Crippen LogP contribution in [0.4, 0.5) is 5.69 Å². The zero-order valence-electron chi connectivity index (χ0n) is 9.87. The lowest BCUT2D eigenvalue weighted by Crippen LogP contribution is -2.36. The number of nitrogens with two attached hydrogens (primary N) is 1. The maximum atomic E-state index is 11.8. The highest BCUT2D eigenvalue weighted by molar-refractivity contribution is 6.34. The number of anilines is 1. The molecular formula is C13H17ClN2O. The van der Waals surface area contributed by atoms with E-state index in [2.05, 4.69) is 5.32 Å². The van der Waals surface area contributed by atoms with Crippen molar-refractivity contribution in [1.29, 1.82) is 0 Å². The summed E-state index contributed by atoms with van der Waals surface area (Å²) in [5.74, 6) is 0.494. The first-order valence-electron chi connectivity index (χ1n) is 5.89. The summed E-state index contributed by atoms with van der Waals surface area (Å²) < 4.78 is 0. The average molecular weight is 253 g/mol. The summed E-state index contributed by atoms with van der Waals surface area (Å²) in [6.07, 6.45) is 3.17. The van der Waals surface area contributed by atoms with Crippen molar-refractivity contribution in [3.63, 3.8) is 0 Å². The topological polar surface area (TPSA) is 55.1 Å². The Labute approximate surface area is 106 Å². The first-order valence-corrected chi connectivity index (χ1v) is 6.27. The Morgan fingerprint density at radius 2 is 2.29 bits per heavy atom. The summed E-state index contributed by atoms with van der Waals surface area (Å²) in [6, 6.07) is 5.13. The summed E-state index contributed by atoms with van der Waals surface area (Å²) in [6.45, 7) is 1.90. The van der Waals surface area contributed by atoms with Crippen molar-refractivity contribution in [2.24, 2.45) is 11.7 Å². The quantitative estimate of drug-likeness (QED) is 0.866. The molecule has 2 rings (SSSR count). The number of carbonyl (C=O) groups excluding carboxylic acids is 1. The average Bonchev–Trinajstić information content (AvgIpc) is 3.08. The number of amides is 1. The van der Waals surface area contributed by atoms with Crippen molar-refractivity contribution in [3.8, 4) is 0 Å². The minimum atomic E-state index is -0.431. The van der Waals surface area contributed by atoms with E-state index in [9.17, 15) is 4.79 Å². The van der Waals surface area contributed by atoms with Gasteiger partial charge in [0.25, 0.3) is 0 Å². The Bertz CT molecular complexity index is 429. The van der Waals surface area contributed by atoms with Crippen molar-refractivity contribution >= 4 is 23.2 Å². The summed E-state index contributed by atoms with van der Waals surface area (Å²) >= 11 is 6.10. The zero-order valence-corrected chi connectivity index (χ0v) is 10.6. The van der Waals surface area contributed by atoms with Crippen molar-refractivity contribution in [2.75, 3.05) is 5.32 Å². The first kappa shape index (κ1) is 12.4. The van der Waals surface area contributed by atoms with Gasteiger partial charge in [0, 0.05) is 0 Å². The Morgan fingerprint density at radius 3 is 2.94 bits per heavy atom. The van der Waals surface area contributed by atoms with E-state index >= 15 is 0 Å². The number of halogens is 1. The molecule has 1 saturated carbocycles. The van der Waals surface area contributed by atoms with Crippen molar-refractivity contribution < 1.29 is 4.79 Å². The molecule has 4 heteroatoms. The highest BCUT2D eigenvalue weighted by Gasteiger charge is 2.27. The fourth-order valence-corrected chi connectivity index (χ4v) is 1.96. The molecule has 17 heavy (non-hydrogen) atoms. The lowest BCUT2D eigenvalue weighted by Gasteiger charge is -2.13. The van der Waals surface area contributed by atoms with Crippen LogP contribution in [0.15, 0.2) is 18.2 Å². The maximum Gasteiger partial charge on any atom is 0.241 e. The molecule has 92 valence electrons. The van der Waals surface area contributed by atoms with Gasteiger partial charge in [-0.3, -0.25) is 4.79 Å². The first-order chi connectivity index (χ1) is 8.08. The third-order valence-electron chi connectivity index (χ3n) is 3.07. The van der Waals surface area contributed by atoms with Gasteiger partial charge < -0.3 is 11.1 Å². The highest BCUT2D eigenvalue weighted by atomic mass is 35.5. The molecule has 1 aromatic rings. The number of carbonyl (C=O) groups is 1. The van der Waals surface area contributed by atoms with Crippen molar-refractivity contribution in [2.45, 2.75) is 32.2 Å². The molecule has 3 nitrogen and oxygen atoms in total. The number of aryl methyl sites for hydroxylation is 1. The van der Waals surface area contributed by atoms with Crippen LogP contribution in [0.3, 0.4) is 0 Å². The smallest absolute Gasteiger partial charge is 0.241 e. The van der Waals surface area contributed by atoms with Gasteiger partial charge in [0.15, 0.2) is 0 Å². The molecule has 0 bridgehead atoms. The van der Waals surface area contributed by atoms with E-state index in [-0.39, 0.29) is 5.91 Å². The van der Waals surface area contributed by atoms with Gasteiger partial charge in [-0.25, -0.2) is 0 Å². The second kappa shape index (κ2) is 5.07. The van der Waals surface area contributed by atoms with E-state index in [1.807, 2.05) is 19.1 Å². The summed E-state index contributed by atoms with van der Waals surface area (Å²) in [5, 5.41) is 3.37. The number of hydrogen-bond acceptors (Lipinski definition) is 2. The zero-order chi connectivity index (χ0) is 12.4. The molecule has 0 aliphatic heterocycles. The highest BCUT2D eigenvalue weighted by Crippen LogP contribution is 2.33. The van der Waals surface area contributed by atoms with Crippen LogP contribution in [0.25, 0.3) is 0 Å². The van der Waals surface area contributed by atoms with Gasteiger partial charge in [-0.05, 0) is 30.9 Å². The predicted octanol–water partition coefficient (Wildman–Crippen LogP) is 2.71. The molecule has 1 amide bonds. The van der Waals surface area contributed by atoms with E-state index in [1.165, 1.54) is 12.8 Å². The Kier molecular flexibility index (Phi) is 3.69. The second-order valence-electron chi connectivity index (χ2n) is 4.71. The molecule has 0 heterocycles. The number of hydrogen-bond donors (Lipinski definition) is 2. The fraction of sp³-hybridized carbons (Fsp3) is 0.462. The van der Waals surface area contributed by atoms with E-state index < -0.39 is 6.04 Å². The summed E-state index contributed by atoms with van der Waals surface area (Å²) in [7, 11) is 0. The van der Waals surface area contributed by atoms with Crippen LogP contribution in [0.1, 0.15) is 24.8 Å². The van der Waals surface area contributed by atoms with Gasteiger partial charge in [-0.2, -0.15) is 0 Å². The SMILES string of the molecule is Cc1cccc(NC(=O)C(N)CC2CC2)c1Cl. The van der Waals surface area contributed by atoms with E-state index in [0.717, 1.165) is 12.0 Å². The number of nitrogens with one attached hydrogen (secondary N) is 1. The maximum absolute atomic E-state index is 11.8. The van der Waals surface area contributed by atoms with Gasteiger partial charge in [0.1, 0.15) is 0 Å². The normalized spacial score (nSPS) is 16.6. The molecule has 1 fully saturated rings. The molecule has 0 radical (unpaired) electrons. The molecule has 1 aliphatic rings. The van der Waals surface area contributed by atoms with Crippen LogP contribution in [0, 0.1) is 12.8 Å². The van der Waals surface area contributed by atoms with Gasteiger partial charge in [-0.15, -0.1) is 0 Å². The third-order valence-corrected chi connectivity index (χ3v) is 3.57. The number of benzene rings is 1. The fourth-order valence-electron chi connectivity index (χ4n) is 1.79. The van der Waals surface area contributed by atoms with Gasteiger partial charge in [0.05, 0.1) is 16.8 Å². The third kappa shape index (κ3) is 3.20. The molecule has 3 N–H and O–H groups in total. The van der Waals surface area contributed by atoms with Crippen molar-refractivity contribution in [3.05, 3.63) is 28.8 Å². The molecule has 1 aliphatic carbocycles. The van der Waals surface area contributed by atoms with Gasteiger partial charge in [-0.1, -0.05) is 36.6 Å². The van der Waals surface area contributed by atoms with Crippen LogP contribution in [-0.2, 0) is 4.79 Å². The standard InChI is InChI=1S/C13H17ClN2O/c1-8-3-2-4-11(12(8)14)16-13(17)10(15)7-9-5-6-9/h2-4,9-10H,5-7,15H2,1H3,(H,16,17). The largest absolute Gasteiger partial charge is 0.323 e. The second-order valence-corrected chi connectivity index (χ2v) is 5.09. The van der Waals surface area contributed by atoms with Gasteiger partial charge in [0.2, 0.25) is 5.91 Å². The molecule has 0 aromatic heterocycles. The van der Waals surface area contributed by atoms with Crippen molar-refractivity contribution in [1.82, 2.24) is 0 Å². The Balaban J connectivity index is 1.99. The van der Waals surface area contributed by atoms with Crippen LogP contribution in [0.5, 0.6) is 0 Å². The van der Waals surface area contributed by atoms with Gasteiger partial charge >= 0.3 is 0 Å². The van der Waals surface area contributed by atoms with Crippen LogP contribution in [-0.4, -0.2) is 11.9 Å².